The molecule has 1 atom stereocenters. The van der Waals surface area contributed by atoms with E-state index >= 15 is 0 Å². The highest BCUT2D eigenvalue weighted by Gasteiger charge is 2.23. The number of aromatic nitrogens is 3. The Morgan fingerprint density at radius 3 is 2.88 bits per heavy atom. The van der Waals surface area contributed by atoms with Crippen molar-refractivity contribution in [2.45, 2.75) is 26.5 Å². The molecule has 1 aliphatic heterocycles. The van der Waals surface area contributed by atoms with Gasteiger partial charge in [0.1, 0.15) is 0 Å². The van der Waals surface area contributed by atoms with Gasteiger partial charge in [-0.05, 0) is 48.7 Å². The first-order chi connectivity index (χ1) is 12.7. The van der Waals surface area contributed by atoms with E-state index in [9.17, 15) is 0 Å². The van der Waals surface area contributed by atoms with Gasteiger partial charge in [0.2, 0.25) is 0 Å². The summed E-state index contributed by atoms with van der Waals surface area (Å²) < 4.78 is 7.95. The normalized spacial score (nSPS) is 18.2. The summed E-state index contributed by atoms with van der Waals surface area (Å²) in [5.74, 6) is 0. The molecule has 0 amide bonds. The van der Waals surface area contributed by atoms with Crippen LogP contribution in [0.3, 0.4) is 0 Å². The van der Waals surface area contributed by atoms with E-state index in [1.54, 1.807) is 6.20 Å². The van der Waals surface area contributed by atoms with Gasteiger partial charge >= 0.3 is 0 Å². The van der Waals surface area contributed by atoms with Crippen molar-refractivity contribution in [3.63, 3.8) is 0 Å². The van der Waals surface area contributed by atoms with E-state index in [-0.39, 0.29) is 6.10 Å². The number of aryl methyl sites for hydroxylation is 2. The summed E-state index contributed by atoms with van der Waals surface area (Å²) in [5, 5.41) is 4.45. The Bertz CT molecular complexity index is 861. The maximum absolute atomic E-state index is 5.98. The lowest BCUT2D eigenvalue weighted by molar-refractivity contribution is -0.0331. The zero-order valence-corrected chi connectivity index (χ0v) is 15.3. The fourth-order valence-corrected chi connectivity index (χ4v) is 3.63. The molecular formula is C21H24N4O. The second-order valence-electron chi connectivity index (χ2n) is 6.91. The van der Waals surface area contributed by atoms with Gasteiger partial charge in [-0.15, -0.1) is 0 Å². The molecular weight excluding hydrogens is 324 g/mol. The van der Waals surface area contributed by atoms with Gasteiger partial charge < -0.3 is 4.74 Å². The maximum Gasteiger partial charge on any atom is 0.0967 e. The quantitative estimate of drug-likeness (QED) is 0.724. The second-order valence-corrected chi connectivity index (χ2v) is 6.91. The molecule has 5 heteroatoms. The zero-order valence-electron chi connectivity index (χ0n) is 15.3. The van der Waals surface area contributed by atoms with Crippen LogP contribution in [0.2, 0.25) is 0 Å². The van der Waals surface area contributed by atoms with Crippen LogP contribution in [0, 0.1) is 13.8 Å². The molecule has 0 radical (unpaired) electrons. The van der Waals surface area contributed by atoms with Crippen LogP contribution in [-0.4, -0.2) is 39.4 Å². The summed E-state index contributed by atoms with van der Waals surface area (Å²) in [7, 11) is 0. The molecule has 2 aromatic heterocycles. The topological polar surface area (TPSA) is 43.2 Å². The third-order valence-corrected chi connectivity index (χ3v) is 4.93. The molecule has 3 heterocycles. The van der Waals surface area contributed by atoms with E-state index in [2.05, 4.69) is 47.0 Å². The number of pyridine rings is 1. The highest BCUT2D eigenvalue weighted by Crippen LogP contribution is 2.26. The van der Waals surface area contributed by atoms with E-state index in [0.717, 1.165) is 37.5 Å². The minimum atomic E-state index is 0.0800. The monoisotopic (exact) mass is 348 g/mol. The van der Waals surface area contributed by atoms with Crippen LogP contribution in [0.1, 0.15) is 28.4 Å². The SMILES string of the molecule is Cc1cc(C)c(CN2CCO[C@@H](c3cccnc3)C2)c(-n2cccn2)c1. The largest absolute Gasteiger partial charge is 0.371 e. The molecule has 0 bridgehead atoms. The summed E-state index contributed by atoms with van der Waals surface area (Å²) in [5.41, 5.74) is 6.19. The van der Waals surface area contributed by atoms with Crippen molar-refractivity contribution >= 4 is 0 Å². The molecule has 1 saturated heterocycles. The first kappa shape index (κ1) is 16.9. The van der Waals surface area contributed by atoms with E-state index in [0.29, 0.717) is 0 Å². The third kappa shape index (κ3) is 3.54. The standard InChI is InChI=1S/C21H24N4O/c1-16-11-17(2)19(20(12-16)25-8-4-7-23-25)14-24-9-10-26-21(15-24)18-5-3-6-22-13-18/h3-8,11-13,21H,9-10,14-15H2,1-2H3/t21-/m1/s1. The molecule has 26 heavy (non-hydrogen) atoms. The molecule has 0 spiro atoms. The van der Waals surface area contributed by atoms with Gasteiger partial charge in [0.25, 0.3) is 0 Å². The number of rotatable bonds is 4. The Labute approximate surface area is 154 Å². The van der Waals surface area contributed by atoms with E-state index in [1.165, 1.54) is 16.7 Å². The number of nitrogens with zero attached hydrogens (tertiary/aromatic N) is 4. The maximum atomic E-state index is 5.98. The van der Waals surface area contributed by atoms with Crippen LogP contribution in [0.5, 0.6) is 0 Å². The summed E-state index contributed by atoms with van der Waals surface area (Å²) in [6.07, 6.45) is 7.62. The Morgan fingerprint density at radius 2 is 2.12 bits per heavy atom. The predicted molar refractivity (Wildman–Crippen MR) is 101 cm³/mol. The van der Waals surface area contributed by atoms with Crippen LogP contribution in [0.4, 0.5) is 0 Å². The molecule has 134 valence electrons. The third-order valence-electron chi connectivity index (χ3n) is 4.93. The fourth-order valence-electron chi connectivity index (χ4n) is 3.63. The van der Waals surface area contributed by atoms with Crippen molar-refractivity contribution < 1.29 is 4.74 Å². The number of morpholine rings is 1. The van der Waals surface area contributed by atoms with Crippen molar-refractivity contribution in [3.8, 4) is 5.69 Å². The molecule has 0 unspecified atom stereocenters. The Kier molecular flexibility index (Phi) is 4.82. The molecule has 0 aliphatic carbocycles. The first-order valence-corrected chi connectivity index (χ1v) is 9.05. The smallest absolute Gasteiger partial charge is 0.0967 e. The minimum absolute atomic E-state index is 0.0800. The van der Waals surface area contributed by atoms with Crippen LogP contribution in [0.15, 0.2) is 55.1 Å². The molecule has 5 nitrogen and oxygen atoms in total. The van der Waals surface area contributed by atoms with Gasteiger partial charge in [-0.1, -0.05) is 12.1 Å². The van der Waals surface area contributed by atoms with E-state index in [1.807, 2.05) is 35.4 Å². The number of ether oxygens (including phenoxy) is 1. The average Bonchev–Trinajstić information content (AvgIpc) is 3.19. The summed E-state index contributed by atoms with van der Waals surface area (Å²) >= 11 is 0. The Morgan fingerprint density at radius 1 is 1.19 bits per heavy atom. The zero-order chi connectivity index (χ0) is 17.9. The molecule has 1 aromatic carbocycles. The molecule has 0 N–H and O–H groups in total. The van der Waals surface area contributed by atoms with Crippen molar-refractivity contribution in [3.05, 3.63) is 77.4 Å². The number of hydrogen-bond donors (Lipinski definition) is 0. The van der Waals surface area contributed by atoms with Gasteiger partial charge in [-0.25, -0.2) is 4.68 Å². The van der Waals surface area contributed by atoms with Crippen LogP contribution >= 0.6 is 0 Å². The van der Waals surface area contributed by atoms with Crippen molar-refractivity contribution in [2.24, 2.45) is 0 Å². The van der Waals surface area contributed by atoms with Crippen LogP contribution in [-0.2, 0) is 11.3 Å². The lowest BCUT2D eigenvalue weighted by atomic mass is 10.0. The van der Waals surface area contributed by atoms with Crippen molar-refractivity contribution in [2.75, 3.05) is 19.7 Å². The van der Waals surface area contributed by atoms with Gasteiger partial charge in [-0.2, -0.15) is 5.10 Å². The Balaban J connectivity index is 1.59. The molecule has 0 saturated carbocycles. The minimum Gasteiger partial charge on any atom is -0.371 e. The summed E-state index contributed by atoms with van der Waals surface area (Å²) in [4.78, 5) is 6.69. The molecule has 4 rings (SSSR count). The second kappa shape index (κ2) is 7.40. The first-order valence-electron chi connectivity index (χ1n) is 9.05. The van der Waals surface area contributed by atoms with E-state index < -0.39 is 0 Å². The molecule has 1 aliphatic rings. The van der Waals surface area contributed by atoms with Gasteiger partial charge in [0.05, 0.1) is 18.4 Å². The average molecular weight is 348 g/mol. The van der Waals surface area contributed by atoms with Crippen molar-refractivity contribution in [1.82, 2.24) is 19.7 Å². The Hall–Kier alpha value is -2.50. The van der Waals surface area contributed by atoms with E-state index in [4.69, 9.17) is 4.74 Å². The molecule has 3 aromatic rings. The van der Waals surface area contributed by atoms with Crippen molar-refractivity contribution in [1.29, 1.82) is 0 Å². The fraction of sp³-hybridized carbons (Fsp3) is 0.333. The van der Waals surface area contributed by atoms with Crippen LogP contribution < -0.4 is 0 Å². The lowest BCUT2D eigenvalue weighted by Gasteiger charge is -2.33. The predicted octanol–water partition coefficient (Wildman–Crippen LogP) is 3.46. The van der Waals surface area contributed by atoms with Gasteiger partial charge in [0.15, 0.2) is 0 Å². The number of hydrogen-bond acceptors (Lipinski definition) is 4. The number of benzene rings is 1. The highest BCUT2D eigenvalue weighted by atomic mass is 16.5. The summed E-state index contributed by atoms with van der Waals surface area (Å²) in [6.45, 7) is 7.76. The summed E-state index contributed by atoms with van der Waals surface area (Å²) in [6, 6.07) is 10.5. The van der Waals surface area contributed by atoms with Crippen LogP contribution in [0.25, 0.3) is 5.69 Å². The molecule has 1 fully saturated rings. The lowest BCUT2D eigenvalue weighted by Crippen LogP contribution is -2.38. The highest BCUT2D eigenvalue weighted by molar-refractivity contribution is 5.48. The van der Waals surface area contributed by atoms with Gasteiger partial charge in [-0.3, -0.25) is 9.88 Å². The van der Waals surface area contributed by atoms with Gasteiger partial charge in [0, 0.05) is 50.0 Å².